The number of anilines is 1. The lowest BCUT2D eigenvalue weighted by atomic mass is 9.97. The maximum absolute atomic E-state index is 5.69. The average Bonchev–Trinajstić information content (AvgIpc) is 2.49. The fourth-order valence-corrected chi connectivity index (χ4v) is 2.77. The molecule has 2 N–H and O–H groups in total. The van der Waals surface area contributed by atoms with Crippen molar-refractivity contribution in [3.63, 3.8) is 0 Å². The standard InChI is InChI=1S/C17H21N3/c18-15-10-8-13(9-11-15)4-3-7-17-19-12-14-5-1-2-6-16(14)20-17/h8-12H,1-7,18H2. The van der Waals surface area contributed by atoms with E-state index in [1.807, 2.05) is 18.3 Å². The second kappa shape index (κ2) is 6.04. The third-order valence-electron chi connectivity index (χ3n) is 3.96. The summed E-state index contributed by atoms with van der Waals surface area (Å²) in [6.07, 6.45) is 9.98. The molecular weight excluding hydrogens is 246 g/mol. The first-order chi connectivity index (χ1) is 9.81. The Morgan fingerprint density at radius 1 is 1.00 bits per heavy atom. The quantitative estimate of drug-likeness (QED) is 0.866. The van der Waals surface area contributed by atoms with Gasteiger partial charge in [-0.3, -0.25) is 0 Å². The van der Waals surface area contributed by atoms with Crippen LogP contribution < -0.4 is 5.73 Å². The first kappa shape index (κ1) is 13.1. The molecule has 0 saturated heterocycles. The van der Waals surface area contributed by atoms with E-state index in [1.54, 1.807) is 0 Å². The van der Waals surface area contributed by atoms with E-state index in [9.17, 15) is 0 Å². The Kier molecular flexibility index (Phi) is 3.95. The number of aromatic nitrogens is 2. The molecule has 0 atom stereocenters. The van der Waals surface area contributed by atoms with E-state index in [0.29, 0.717) is 0 Å². The van der Waals surface area contributed by atoms with Crippen LogP contribution >= 0.6 is 0 Å². The predicted octanol–water partition coefficient (Wildman–Crippen LogP) is 3.11. The van der Waals surface area contributed by atoms with Gasteiger partial charge in [-0.2, -0.15) is 0 Å². The second-order valence-corrected chi connectivity index (χ2v) is 5.56. The van der Waals surface area contributed by atoms with Crippen LogP contribution in [0.1, 0.15) is 41.9 Å². The first-order valence-electron chi connectivity index (χ1n) is 7.49. The number of nitrogen functional groups attached to an aromatic ring is 1. The topological polar surface area (TPSA) is 51.8 Å². The van der Waals surface area contributed by atoms with Gasteiger partial charge in [0.05, 0.1) is 0 Å². The molecule has 3 nitrogen and oxygen atoms in total. The van der Waals surface area contributed by atoms with E-state index < -0.39 is 0 Å². The minimum Gasteiger partial charge on any atom is -0.399 e. The summed E-state index contributed by atoms with van der Waals surface area (Å²) in [6.45, 7) is 0. The molecule has 0 bridgehead atoms. The lowest BCUT2D eigenvalue weighted by molar-refractivity contribution is 0.648. The Bertz CT molecular complexity index is 575. The van der Waals surface area contributed by atoms with Crippen LogP contribution in [0.4, 0.5) is 5.69 Å². The van der Waals surface area contributed by atoms with Crippen molar-refractivity contribution in [2.75, 3.05) is 5.73 Å². The summed E-state index contributed by atoms with van der Waals surface area (Å²) in [5.41, 5.74) is 10.5. The van der Waals surface area contributed by atoms with Gasteiger partial charge in [-0.05, 0) is 61.8 Å². The third-order valence-corrected chi connectivity index (χ3v) is 3.96. The number of nitrogens with two attached hydrogens (primary N) is 1. The van der Waals surface area contributed by atoms with Gasteiger partial charge in [-0.15, -0.1) is 0 Å². The number of benzene rings is 1. The van der Waals surface area contributed by atoms with Crippen LogP contribution in [0, 0.1) is 0 Å². The fraction of sp³-hybridized carbons (Fsp3) is 0.412. The number of hydrogen-bond donors (Lipinski definition) is 1. The van der Waals surface area contributed by atoms with E-state index >= 15 is 0 Å². The van der Waals surface area contributed by atoms with Crippen molar-refractivity contribution in [3.05, 3.63) is 53.1 Å². The van der Waals surface area contributed by atoms with Gasteiger partial charge in [0.1, 0.15) is 5.82 Å². The number of nitrogens with zero attached hydrogens (tertiary/aromatic N) is 2. The summed E-state index contributed by atoms with van der Waals surface area (Å²) in [7, 11) is 0. The van der Waals surface area contributed by atoms with Gasteiger partial charge in [0.2, 0.25) is 0 Å². The highest BCUT2D eigenvalue weighted by molar-refractivity contribution is 5.39. The summed E-state index contributed by atoms with van der Waals surface area (Å²) in [4.78, 5) is 9.23. The number of hydrogen-bond acceptors (Lipinski definition) is 3. The summed E-state index contributed by atoms with van der Waals surface area (Å²) >= 11 is 0. The molecule has 104 valence electrons. The molecule has 0 fully saturated rings. The van der Waals surface area contributed by atoms with Gasteiger partial charge in [0.25, 0.3) is 0 Å². The molecule has 1 aliphatic carbocycles. The highest BCUT2D eigenvalue weighted by atomic mass is 14.9. The number of rotatable bonds is 4. The van der Waals surface area contributed by atoms with Crippen LogP contribution in [0.2, 0.25) is 0 Å². The predicted molar refractivity (Wildman–Crippen MR) is 81.6 cm³/mol. The monoisotopic (exact) mass is 267 g/mol. The van der Waals surface area contributed by atoms with Crippen LogP contribution in [-0.4, -0.2) is 9.97 Å². The molecule has 0 unspecified atom stereocenters. The Morgan fingerprint density at radius 3 is 2.65 bits per heavy atom. The molecule has 0 saturated carbocycles. The maximum atomic E-state index is 5.69. The van der Waals surface area contributed by atoms with Crippen molar-refractivity contribution < 1.29 is 0 Å². The molecule has 0 spiro atoms. The highest BCUT2D eigenvalue weighted by Crippen LogP contribution is 2.18. The summed E-state index contributed by atoms with van der Waals surface area (Å²) in [6, 6.07) is 8.13. The lowest BCUT2D eigenvalue weighted by Crippen LogP contribution is -2.09. The zero-order valence-corrected chi connectivity index (χ0v) is 11.8. The Labute approximate surface area is 120 Å². The van der Waals surface area contributed by atoms with Crippen LogP contribution in [0.5, 0.6) is 0 Å². The molecule has 0 aliphatic heterocycles. The van der Waals surface area contributed by atoms with Crippen molar-refractivity contribution in [3.8, 4) is 0 Å². The molecular formula is C17H21N3. The molecule has 0 radical (unpaired) electrons. The highest BCUT2D eigenvalue weighted by Gasteiger charge is 2.11. The minimum absolute atomic E-state index is 0.826. The lowest BCUT2D eigenvalue weighted by Gasteiger charge is -2.14. The molecule has 1 aromatic carbocycles. The second-order valence-electron chi connectivity index (χ2n) is 5.56. The van der Waals surface area contributed by atoms with E-state index in [1.165, 1.54) is 29.7 Å². The smallest absolute Gasteiger partial charge is 0.128 e. The Morgan fingerprint density at radius 2 is 1.80 bits per heavy atom. The maximum Gasteiger partial charge on any atom is 0.128 e. The van der Waals surface area contributed by atoms with Crippen molar-refractivity contribution >= 4 is 5.69 Å². The van der Waals surface area contributed by atoms with Crippen LogP contribution in [0.3, 0.4) is 0 Å². The number of aryl methyl sites for hydroxylation is 4. The van der Waals surface area contributed by atoms with Crippen LogP contribution in [0.15, 0.2) is 30.5 Å². The first-order valence-corrected chi connectivity index (χ1v) is 7.49. The van der Waals surface area contributed by atoms with Gasteiger partial charge in [-0.25, -0.2) is 9.97 Å². The van der Waals surface area contributed by atoms with E-state index in [-0.39, 0.29) is 0 Å². The molecule has 1 aliphatic rings. The third kappa shape index (κ3) is 3.16. The van der Waals surface area contributed by atoms with Crippen LogP contribution in [0.25, 0.3) is 0 Å². The van der Waals surface area contributed by atoms with Crippen molar-refractivity contribution in [1.82, 2.24) is 9.97 Å². The largest absolute Gasteiger partial charge is 0.399 e. The van der Waals surface area contributed by atoms with E-state index in [2.05, 4.69) is 17.1 Å². The summed E-state index contributed by atoms with van der Waals surface area (Å²) < 4.78 is 0. The Balaban J connectivity index is 1.57. The zero-order valence-electron chi connectivity index (χ0n) is 11.8. The normalized spacial score (nSPS) is 14.0. The SMILES string of the molecule is Nc1ccc(CCCc2ncc3c(n2)CCCC3)cc1. The molecule has 3 rings (SSSR count). The van der Waals surface area contributed by atoms with E-state index in [4.69, 9.17) is 10.7 Å². The Hall–Kier alpha value is -1.90. The van der Waals surface area contributed by atoms with Gasteiger partial charge < -0.3 is 5.73 Å². The van der Waals surface area contributed by atoms with Crippen molar-refractivity contribution in [2.45, 2.75) is 44.9 Å². The molecule has 2 aromatic rings. The van der Waals surface area contributed by atoms with Gasteiger partial charge >= 0.3 is 0 Å². The van der Waals surface area contributed by atoms with Crippen molar-refractivity contribution in [1.29, 1.82) is 0 Å². The zero-order chi connectivity index (χ0) is 13.8. The van der Waals surface area contributed by atoms with Gasteiger partial charge in [0, 0.05) is 24.0 Å². The average molecular weight is 267 g/mol. The van der Waals surface area contributed by atoms with Gasteiger partial charge in [0.15, 0.2) is 0 Å². The fourth-order valence-electron chi connectivity index (χ4n) is 2.77. The summed E-state index contributed by atoms with van der Waals surface area (Å²) in [5, 5.41) is 0. The van der Waals surface area contributed by atoms with Crippen molar-refractivity contribution in [2.24, 2.45) is 0 Å². The molecule has 3 heteroatoms. The molecule has 20 heavy (non-hydrogen) atoms. The minimum atomic E-state index is 0.826. The van der Waals surface area contributed by atoms with Gasteiger partial charge in [-0.1, -0.05) is 12.1 Å². The molecule has 1 aromatic heterocycles. The van der Waals surface area contributed by atoms with E-state index in [0.717, 1.165) is 43.6 Å². The number of fused-ring (bicyclic) bond motifs is 1. The molecule has 0 amide bonds. The van der Waals surface area contributed by atoms with Crippen LogP contribution in [-0.2, 0) is 25.7 Å². The summed E-state index contributed by atoms with van der Waals surface area (Å²) in [5.74, 6) is 1.00. The molecule has 1 heterocycles.